The van der Waals surface area contributed by atoms with Crippen molar-refractivity contribution in [1.82, 2.24) is 0 Å². The van der Waals surface area contributed by atoms with Crippen LogP contribution in [0, 0.1) is 17.0 Å². The van der Waals surface area contributed by atoms with Gasteiger partial charge in [-0.15, -0.1) is 0 Å². The lowest BCUT2D eigenvalue weighted by atomic mass is 10.1. The molecule has 0 unspecified atom stereocenters. The fourth-order valence-corrected chi connectivity index (χ4v) is 2.61. The Morgan fingerprint density at radius 3 is 2.58 bits per heavy atom. The van der Waals surface area contributed by atoms with Crippen molar-refractivity contribution in [2.24, 2.45) is 0 Å². The summed E-state index contributed by atoms with van der Waals surface area (Å²) in [5.41, 5.74) is 1.21. The van der Waals surface area contributed by atoms with Crippen LogP contribution in [0.4, 0.5) is 11.4 Å². The molecular formula is C17H17BrN2O4. The lowest BCUT2D eigenvalue weighted by Gasteiger charge is -2.13. The summed E-state index contributed by atoms with van der Waals surface area (Å²) in [7, 11) is 0. The van der Waals surface area contributed by atoms with Crippen molar-refractivity contribution in [1.29, 1.82) is 0 Å². The topological polar surface area (TPSA) is 81.5 Å². The number of nitrogens with zero attached hydrogens (tertiary/aromatic N) is 1. The van der Waals surface area contributed by atoms with Crippen LogP contribution in [0.2, 0.25) is 0 Å². The van der Waals surface area contributed by atoms with E-state index in [2.05, 4.69) is 21.2 Å². The summed E-state index contributed by atoms with van der Waals surface area (Å²) in [4.78, 5) is 22.9. The highest BCUT2D eigenvalue weighted by Gasteiger charge is 2.16. The first-order chi connectivity index (χ1) is 11.3. The van der Waals surface area contributed by atoms with Crippen LogP contribution in [0.15, 0.2) is 40.9 Å². The predicted molar refractivity (Wildman–Crippen MR) is 95.7 cm³/mol. The van der Waals surface area contributed by atoms with Crippen molar-refractivity contribution >= 4 is 33.2 Å². The number of ether oxygens (including phenoxy) is 1. The largest absolute Gasteiger partial charge is 0.490 e. The van der Waals surface area contributed by atoms with E-state index < -0.39 is 4.92 Å². The fourth-order valence-electron chi connectivity index (χ4n) is 2.14. The highest BCUT2D eigenvalue weighted by atomic mass is 79.9. The Morgan fingerprint density at radius 2 is 2.00 bits per heavy atom. The summed E-state index contributed by atoms with van der Waals surface area (Å²) in [5, 5.41) is 13.7. The first-order valence-electron chi connectivity index (χ1n) is 7.31. The molecule has 0 saturated heterocycles. The number of anilines is 1. The molecule has 2 aromatic carbocycles. The highest BCUT2D eigenvalue weighted by molar-refractivity contribution is 9.10. The number of hydrogen-bond acceptors (Lipinski definition) is 4. The number of nitro benzene ring substituents is 1. The number of nitrogens with one attached hydrogen (secondary N) is 1. The van der Waals surface area contributed by atoms with Crippen LogP contribution in [-0.4, -0.2) is 16.9 Å². The molecule has 0 heterocycles. The molecule has 2 aromatic rings. The van der Waals surface area contributed by atoms with Gasteiger partial charge < -0.3 is 10.1 Å². The number of halogens is 1. The van der Waals surface area contributed by atoms with Crippen molar-refractivity contribution in [3.63, 3.8) is 0 Å². The molecule has 0 radical (unpaired) electrons. The molecule has 0 aliphatic carbocycles. The summed E-state index contributed by atoms with van der Waals surface area (Å²) in [5.74, 6) is 0.295. The zero-order chi connectivity index (χ0) is 17.9. The molecule has 0 aliphatic rings. The number of nitro groups is 1. The van der Waals surface area contributed by atoms with Crippen LogP contribution in [0.1, 0.15) is 29.8 Å². The van der Waals surface area contributed by atoms with Crippen LogP contribution >= 0.6 is 15.9 Å². The Labute approximate surface area is 148 Å². The Morgan fingerprint density at radius 1 is 1.29 bits per heavy atom. The minimum Gasteiger partial charge on any atom is -0.490 e. The first kappa shape index (κ1) is 17.9. The van der Waals surface area contributed by atoms with Gasteiger partial charge in [-0.1, -0.05) is 6.07 Å². The van der Waals surface area contributed by atoms with E-state index in [0.717, 1.165) is 0 Å². The van der Waals surface area contributed by atoms with E-state index in [1.807, 2.05) is 13.8 Å². The average Bonchev–Trinajstić information content (AvgIpc) is 2.50. The highest BCUT2D eigenvalue weighted by Crippen LogP contribution is 2.28. The summed E-state index contributed by atoms with van der Waals surface area (Å²) < 4.78 is 6.27. The zero-order valence-electron chi connectivity index (χ0n) is 13.5. The second kappa shape index (κ2) is 7.44. The first-order valence-corrected chi connectivity index (χ1v) is 8.10. The molecule has 0 aliphatic heterocycles. The van der Waals surface area contributed by atoms with E-state index in [-0.39, 0.29) is 17.7 Å². The number of hydrogen-bond donors (Lipinski definition) is 1. The van der Waals surface area contributed by atoms with Crippen LogP contribution in [0.25, 0.3) is 0 Å². The van der Waals surface area contributed by atoms with Gasteiger partial charge in [0.05, 0.1) is 26.8 Å². The molecule has 2 rings (SSSR count). The maximum Gasteiger partial charge on any atom is 0.274 e. The molecule has 0 bridgehead atoms. The minimum atomic E-state index is -0.473. The monoisotopic (exact) mass is 392 g/mol. The van der Waals surface area contributed by atoms with Gasteiger partial charge in [0, 0.05) is 11.6 Å². The number of rotatable bonds is 5. The van der Waals surface area contributed by atoms with Crippen LogP contribution < -0.4 is 10.1 Å². The lowest BCUT2D eigenvalue weighted by Crippen LogP contribution is -2.13. The fraction of sp³-hybridized carbons (Fsp3) is 0.235. The van der Waals surface area contributed by atoms with Gasteiger partial charge in [-0.25, -0.2) is 0 Å². The van der Waals surface area contributed by atoms with Crippen LogP contribution in [0.3, 0.4) is 0 Å². The van der Waals surface area contributed by atoms with Gasteiger partial charge in [-0.3, -0.25) is 14.9 Å². The molecule has 1 N–H and O–H groups in total. The molecule has 6 nitrogen and oxygen atoms in total. The van der Waals surface area contributed by atoms with Gasteiger partial charge in [-0.05, 0) is 61.0 Å². The van der Waals surface area contributed by atoms with Crippen molar-refractivity contribution in [2.45, 2.75) is 26.9 Å². The normalized spacial score (nSPS) is 10.5. The third-order valence-corrected chi connectivity index (χ3v) is 3.93. The Kier molecular flexibility index (Phi) is 5.56. The SMILES string of the molecule is Cc1c(NC(=O)c2ccc(OC(C)C)c(Br)c2)cccc1[N+](=O)[O-]. The smallest absolute Gasteiger partial charge is 0.274 e. The molecule has 0 atom stereocenters. The summed E-state index contributed by atoms with van der Waals surface area (Å²) in [6.45, 7) is 5.43. The maximum absolute atomic E-state index is 12.4. The van der Waals surface area contributed by atoms with E-state index in [0.29, 0.717) is 27.0 Å². The van der Waals surface area contributed by atoms with Crippen LogP contribution in [-0.2, 0) is 0 Å². The molecule has 0 aromatic heterocycles. The molecule has 126 valence electrons. The Hall–Kier alpha value is -2.41. The van der Waals surface area contributed by atoms with Gasteiger partial charge >= 0.3 is 0 Å². The van der Waals surface area contributed by atoms with E-state index in [9.17, 15) is 14.9 Å². The van der Waals surface area contributed by atoms with E-state index in [4.69, 9.17) is 4.74 Å². The van der Waals surface area contributed by atoms with Crippen molar-refractivity contribution in [3.05, 3.63) is 62.1 Å². The molecule has 0 spiro atoms. The Balaban J connectivity index is 2.23. The van der Waals surface area contributed by atoms with E-state index >= 15 is 0 Å². The quantitative estimate of drug-likeness (QED) is 0.590. The summed E-state index contributed by atoms with van der Waals surface area (Å²) in [6, 6.07) is 9.57. The molecular weight excluding hydrogens is 376 g/mol. The number of benzene rings is 2. The van der Waals surface area contributed by atoms with E-state index in [1.165, 1.54) is 12.1 Å². The molecule has 1 amide bonds. The van der Waals surface area contributed by atoms with Crippen molar-refractivity contribution in [3.8, 4) is 5.75 Å². The zero-order valence-corrected chi connectivity index (χ0v) is 15.1. The lowest BCUT2D eigenvalue weighted by molar-refractivity contribution is -0.385. The van der Waals surface area contributed by atoms with Gasteiger partial charge in [-0.2, -0.15) is 0 Å². The second-order valence-corrected chi connectivity index (χ2v) is 6.33. The number of amides is 1. The molecule has 7 heteroatoms. The minimum absolute atomic E-state index is 0.0218. The third kappa shape index (κ3) is 4.11. The maximum atomic E-state index is 12.4. The average molecular weight is 393 g/mol. The molecule has 0 saturated carbocycles. The molecule has 24 heavy (non-hydrogen) atoms. The van der Waals surface area contributed by atoms with Crippen LogP contribution in [0.5, 0.6) is 5.75 Å². The number of carbonyl (C=O) groups is 1. The third-order valence-electron chi connectivity index (χ3n) is 3.31. The second-order valence-electron chi connectivity index (χ2n) is 5.47. The van der Waals surface area contributed by atoms with Crippen molar-refractivity contribution in [2.75, 3.05) is 5.32 Å². The Bertz CT molecular complexity index is 790. The standard InChI is InChI=1S/C17H17BrN2O4/c1-10(2)24-16-8-7-12(9-13(16)18)17(21)19-14-5-4-6-15(11(14)3)20(22)23/h4-10H,1-3H3,(H,19,21). The number of carbonyl (C=O) groups excluding carboxylic acids is 1. The van der Waals surface area contributed by atoms with Gasteiger partial charge in [0.1, 0.15) is 5.75 Å². The summed E-state index contributed by atoms with van der Waals surface area (Å²) >= 11 is 3.38. The van der Waals surface area contributed by atoms with Gasteiger partial charge in [0.2, 0.25) is 0 Å². The predicted octanol–water partition coefficient (Wildman–Crippen LogP) is 4.71. The summed E-state index contributed by atoms with van der Waals surface area (Å²) in [6.07, 6.45) is 0.0218. The van der Waals surface area contributed by atoms with Gasteiger partial charge in [0.15, 0.2) is 0 Å². The molecule has 0 fully saturated rings. The van der Waals surface area contributed by atoms with Gasteiger partial charge in [0.25, 0.3) is 11.6 Å². The van der Waals surface area contributed by atoms with E-state index in [1.54, 1.807) is 31.2 Å². The van der Waals surface area contributed by atoms with Crippen molar-refractivity contribution < 1.29 is 14.5 Å².